The monoisotopic (exact) mass is 141 g/mol. The molecule has 0 amide bonds. The van der Waals surface area contributed by atoms with Crippen molar-refractivity contribution in [1.82, 2.24) is 5.16 Å². The van der Waals surface area contributed by atoms with Gasteiger partial charge in [0.1, 0.15) is 6.26 Å². The van der Waals surface area contributed by atoms with E-state index in [9.17, 15) is 0 Å². The van der Waals surface area contributed by atoms with Gasteiger partial charge in [-0.25, -0.2) is 0 Å². The quantitative estimate of drug-likeness (QED) is 0.600. The van der Waals surface area contributed by atoms with Gasteiger partial charge in [0.25, 0.3) is 0 Å². The number of nitrogens with zero attached hydrogens (tertiary/aromatic N) is 1. The Morgan fingerprint density at radius 3 is 2.30 bits per heavy atom. The topological polar surface area (TPSA) is 26.0 Å². The molecule has 58 valence electrons. The predicted molar refractivity (Wildman–Crippen MR) is 42.0 cm³/mol. The molecule has 1 heterocycles. The summed E-state index contributed by atoms with van der Waals surface area (Å²) in [6.45, 7) is 8.06. The summed E-state index contributed by atoms with van der Waals surface area (Å²) in [5.41, 5.74) is 2.21. The molecule has 0 saturated carbocycles. The number of aromatic nitrogens is 1. The van der Waals surface area contributed by atoms with Gasteiger partial charge in [-0.2, -0.15) is 0 Å². The lowest BCUT2D eigenvalue weighted by Gasteiger charge is -1.82. The van der Waals surface area contributed by atoms with E-state index >= 15 is 0 Å². The Balaban J connectivity index is 0.000000371. The molecule has 2 nitrogen and oxygen atoms in total. The van der Waals surface area contributed by atoms with Crippen LogP contribution in [0.25, 0.3) is 0 Å². The zero-order valence-electron chi connectivity index (χ0n) is 7.14. The highest BCUT2D eigenvalue weighted by Crippen LogP contribution is 2.03. The second kappa shape index (κ2) is 5.03. The molecule has 0 fully saturated rings. The molecule has 0 aliphatic heterocycles. The molecule has 0 atom stereocenters. The highest BCUT2D eigenvalue weighted by molar-refractivity contribution is 5.10. The molecule has 0 N–H and O–H groups in total. The van der Waals surface area contributed by atoms with Gasteiger partial charge in [0, 0.05) is 5.56 Å². The molecule has 1 aromatic rings. The molecule has 0 aliphatic rings. The van der Waals surface area contributed by atoms with E-state index < -0.39 is 0 Å². The van der Waals surface area contributed by atoms with Gasteiger partial charge in [0.05, 0.1) is 5.69 Å². The summed E-state index contributed by atoms with van der Waals surface area (Å²) < 4.78 is 4.69. The Kier molecular flexibility index (Phi) is 4.63. The number of hydrogen-bond acceptors (Lipinski definition) is 2. The second-order valence-corrected chi connectivity index (χ2v) is 1.80. The van der Waals surface area contributed by atoms with Gasteiger partial charge in [-0.05, 0) is 13.3 Å². The lowest BCUT2D eigenvalue weighted by atomic mass is 10.2. The van der Waals surface area contributed by atoms with Crippen LogP contribution in [0.15, 0.2) is 10.8 Å². The molecule has 10 heavy (non-hydrogen) atoms. The van der Waals surface area contributed by atoms with Crippen molar-refractivity contribution in [3.8, 4) is 0 Å². The van der Waals surface area contributed by atoms with E-state index in [1.807, 2.05) is 20.8 Å². The van der Waals surface area contributed by atoms with Crippen LogP contribution in [0.3, 0.4) is 0 Å². The standard InChI is InChI=1S/C6H9NO.C2H6/c1-3-6-5(2)4-8-7-6;1-2/h4H,3H2,1-2H3;1-2H3. The molecule has 0 aliphatic carbocycles. The van der Waals surface area contributed by atoms with Gasteiger partial charge < -0.3 is 4.52 Å². The molecule has 0 saturated heterocycles. The Hall–Kier alpha value is -0.790. The summed E-state index contributed by atoms with van der Waals surface area (Å²) in [5.74, 6) is 0. The highest BCUT2D eigenvalue weighted by Gasteiger charge is 1.96. The van der Waals surface area contributed by atoms with Gasteiger partial charge in [0.2, 0.25) is 0 Å². The Labute approximate surface area is 62.2 Å². The van der Waals surface area contributed by atoms with E-state index in [0.29, 0.717) is 0 Å². The van der Waals surface area contributed by atoms with Crippen molar-refractivity contribution >= 4 is 0 Å². The average molecular weight is 141 g/mol. The summed E-state index contributed by atoms with van der Waals surface area (Å²) in [7, 11) is 0. The Bertz CT molecular complexity index is 170. The molecule has 0 aromatic carbocycles. The minimum absolute atomic E-state index is 0.961. The van der Waals surface area contributed by atoms with Crippen molar-refractivity contribution in [2.24, 2.45) is 0 Å². The minimum Gasteiger partial charge on any atom is -0.364 e. The minimum atomic E-state index is 0.961. The predicted octanol–water partition coefficient (Wildman–Crippen LogP) is 2.57. The van der Waals surface area contributed by atoms with Crippen LogP contribution in [0.1, 0.15) is 32.0 Å². The largest absolute Gasteiger partial charge is 0.364 e. The lowest BCUT2D eigenvalue weighted by molar-refractivity contribution is 0.412. The SMILES string of the molecule is CC.CCc1nocc1C. The molecular weight excluding hydrogens is 126 g/mol. The van der Waals surface area contributed by atoms with E-state index in [-0.39, 0.29) is 0 Å². The van der Waals surface area contributed by atoms with Crippen LogP contribution < -0.4 is 0 Å². The maximum absolute atomic E-state index is 4.69. The van der Waals surface area contributed by atoms with Crippen molar-refractivity contribution in [1.29, 1.82) is 0 Å². The number of aryl methyl sites for hydroxylation is 2. The molecule has 2 heteroatoms. The van der Waals surface area contributed by atoms with Crippen LogP contribution in [0.5, 0.6) is 0 Å². The van der Waals surface area contributed by atoms with E-state index in [4.69, 9.17) is 0 Å². The third-order valence-electron chi connectivity index (χ3n) is 1.18. The molecule has 0 spiro atoms. The summed E-state index contributed by atoms with van der Waals surface area (Å²) >= 11 is 0. The second-order valence-electron chi connectivity index (χ2n) is 1.80. The molecular formula is C8H15NO. The zero-order chi connectivity index (χ0) is 7.98. The average Bonchev–Trinajstić information content (AvgIpc) is 2.39. The van der Waals surface area contributed by atoms with Crippen molar-refractivity contribution in [2.45, 2.75) is 34.1 Å². The van der Waals surface area contributed by atoms with E-state index in [2.05, 4.69) is 16.6 Å². The first-order chi connectivity index (χ1) is 4.84. The van der Waals surface area contributed by atoms with Crippen molar-refractivity contribution in [3.05, 3.63) is 17.5 Å². The van der Waals surface area contributed by atoms with Crippen molar-refractivity contribution in [3.63, 3.8) is 0 Å². The van der Waals surface area contributed by atoms with Gasteiger partial charge >= 0.3 is 0 Å². The first-order valence-electron chi connectivity index (χ1n) is 3.74. The van der Waals surface area contributed by atoms with E-state index in [1.54, 1.807) is 6.26 Å². The molecule has 0 bridgehead atoms. The van der Waals surface area contributed by atoms with Crippen molar-refractivity contribution in [2.75, 3.05) is 0 Å². The third-order valence-corrected chi connectivity index (χ3v) is 1.18. The number of hydrogen-bond donors (Lipinski definition) is 0. The van der Waals surface area contributed by atoms with Gasteiger partial charge in [-0.15, -0.1) is 0 Å². The van der Waals surface area contributed by atoms with Crippen LogP contribution in [0.2, 0.25) is 0 Å². The summed E-state index contributed by atoms with van der Waals surface area (Å²) in [5, 5.41) is 3.76. The molecule has 0 radical (unpaired) electrons. The Morgan fingerprint density at radius 2 is 2.10 bits per heavy atom. The van der Waals surface area contributed by atoms with Crippen LogP contribution in [0, 0.1) is 6.92 Å². The van der Waals surface area contributed by atoms with E-state index in [0.717, 1.165) is 17.7 Å². The van der Waals surface area contributed by atoms with Gasteiger partial charge in [-0.1, -0.05) is 25.9 Å². The third kappa shape index (κ3) is 2.21. The van der Waals surface area contributed by atoms with Crippen LogP contribution in [0.4, 0.5) is 0 Å². The fourth-order valence-electron chi connectivity index (χ4n) is 0.652. The zero-order valence-corrected chi connectivity index (χ0v) is 7.14. The summed E-state index contributed by atoms with van der Waals surface area (Å²) in [6, 6.07) is 0. The van der Waals surface area contributed by atoms with Crippen LogP contribution >= 0.6 is 0 Å². The van der Waals surface area contributed by atoms with Crippen LogP contribution in [-0.4, -0.2) is 5.16 Å². The molecule has 1 rings (SSSR count). The number of rotatable bonds is 1. The fourth-order valence-corrected chi connectivity index (χ4v) is 0.652. The highest BCUT2D eigenvalue weighted by atomic mass is 16.5. The fraction of sp³-hybridized carbons (Fsp3) is 0.625. The molecule has 0 unspecified atom stereocenters. The van der Waals surface area contributed by atoms with Gasteiger partial charge in [-0.3, -0.25) is 0 Å². The summed E-state index contributed by atoms with van der Waals surface area (Å²) in [4.78, 5) is 0. The smallest absolute Gasteiger partial charge is 0.126 e. The Morgan fingerprint density at radius 1 is 1.50 bits per heavy atom. The van der Waals surface area contributed by atoms with Gasteiger partial charge in [0.15, 0.2) is 0 Å². The normalized spacial score (nSPS) is 8.40. The lowest BCUT2D eigenvalue weighted by Crippen LogP contribution is -1.79. The first kappa shape index (κ1) is 9.21. The first-order valence-corrected chi connectivity index (χ1v) is 3.74. The van der Waals surface area contributed by atoms with Crippen molar-refractivity contribution < 1.29 is 4.52 Å². The molecule has 1 aromatic heterocycles. The van der Waals surface area contributed by atoms with Crippen LogP contribution in [-0.2, 0) is 6.42 Å². The maximum Gasteiger partial charge on any atom is 0.126 e. The van der Waals surface area contributed by atoms with E-state index in [1.165, 1.54) is 0 Å². The summed E-state index contributed by atoms with van der Waals surface area (Å²) in [6.07, 6.45) is 2.63. The maximum atomic E-state index is 4.69.